The topological polar surface area (TPSA) is 59.8 Å². The second-order valence-electron chi connectivity index (χ2n) is 6.62. The molecule has 29 heavy (non-hydrogen) atoms. The third-order valence-corrected chi connectivity index (χ3v) is 6.16. The van der Waals surface area contributed by atoms with Crippen LogP contribution in [-0.2, 0) is 12.3 Å². The highest BCUT2D eigenvalue weighted by molar-refractivity contribution is 7.98. The maximum atomic E-state index is 12.6. The third-order valence-electron chi connectivity index (χ3n) is 4.56. The molecule has 152 valence electrons. The molecule has 0 aliphatic rings. The van der Waals surface area contributed by atoms with E-state index in [1.54, 1.807) is 17.8 Å². The minimum absolute atomic E-state index is 0.122. The first kappa shape index (κ1) is 21.7. The Labute approximate surface area is 184 Å². The minimum Gasteiger partial charge on any atom is -0.342 e. The molecule has 1 atom stereocenters. The lowest BCUT2D eigenvalue weighted by molar-refractivity contribution is 0.0937. The van der Waals surface area contributed by atoms with Crippen LogP contribution in [0.2, 0.25) is 10.0 Å². The highest BCUT2D eigenvalue weighted by Gasteiger charge is 2.20. The van der Waals surface area contributed by atoms with Crippen molar-refractivity contribution < 1.29 is 4.79 Å². The van der Waals surface area contributed by atoms with Gasteiger partial charge in [0.05, 0.1) is 6.04 Å². The lowest BCUT2D eigenvalue weighted by Gasteiger charge is -2.16. The summed E-state index contributed by atoms with van der Waals surface area (Å²) >= 11 is 13.8. The van der Waals surface area contributed by atoms with E-state index in [2.05, 4.69) is 15.5 Å². The molecule has 3 aromatic rings. The Balaban J connectivity index is 1.73. The van der Waals surface area contributed by atoms with Gasteiger partial charge in [0.2, 0.25) is 0 Å². The number of nitrogens with zero attached hydrogens (tertiary/aromatic N) is 3. The maximum absolute atomic E-state index is 12.6. The first-order valence-corrected chi connectivity index (χ1v) is 11.0. The molecule has 0 saturated heterocycles. The van der Waals surface area contributed by atoms with Crippen molar-refractivity contribution in [3.63, 3.8) is 0 Å². The Morgan fingerprint density at radius 2 is 1.97 bits per heavy atom. The number of hydrogen-bond acceptors (Lipinski definition) is 4. The van der Waals surface area contributed by atoms with E-state index in [-0.39, 0.29) is 11.9 Å². The summed E-state index contributed by atoms with van der Waals surface area (Å²) in [6.07, 6.45) is 0. The smallest absolute Gasteiger partial charge is 0.252 e. The number of rotatable bonds is 7. The zero-order valence-corrected chi connectivity index (χ0v) is 18.8. The van der Waals surface area contributed by atoms with Crippen molar-refractivity contribution in [2.24, 2.45) is 0 Å². The first-order chi connectivity index (χ1) is 13.9. The second-order valence-corrected chi connectivity index (χ2v) is 8.41. The molecule has 1 unspecified atom stereocenters. The number of benzene rings is 2. The molecule has 8 heteroatoms. The van der Waals surface area contributed by atoms with E-state index in [9.17, 15) is 4.79 Å². The number of thioether (sulfide) groups is 1. The maximum Gasteiger partial charge on any atom is 0.252 e. The fraction of sp³-hybridized carbons (Fsp3) is 0.286. The van der Waals surface area contributed by atoms with Gasteiger partial charge in [0.25, 0.3) is 5.91 Å². The van der Waals surface area contributed by atoms with Crippen LogP contribution in [0.25, 0.3) is 0 Å². The van der Waals surface area contributed by atoms with Crippen LogP contribution in [0.15, 0.2) is 47.6 Å². The first-order valence-electron chi connectivity index (χ1n) is 9.27. The SMILES string of the molecule is CCn1c(SCc2ccc(Cl)cc2Cl)nnc1C(C)NC(=O)c1ccccc1C. The van der Waals surface area contributed by atoms with Gasteiger partial charge < -0.3 is 9.88 Å². The lowest BCUT2D eigenvalue weighted by Crippen LogP contribution is -2.29. The molecule has 2 aromatic carbocycles. The van der Waals surface area contributed by atoms with E-state index in [1.807, 2.05) is 61.7 Å². The van der Waals surface area contributed by atoms with Crippen molar-refractivity contribution in [3.05, 3.63) is 75.0 Å². The summed E-state index contributed by atoms with van der Waals surface area (Å²) < 4.78 is 2.01. The fourth-order valence-corrected chi connectivity index (χ4v) is 4.54. The van der Waals surface area contributed by atoms with Crippen molar-refractivity contribution >= 4 is 40.9 Å². The Kier molecular flexibility index (Phi) is 7.22. The average Bonchev–Trinajstić information content (AvgIpc) is 3.10. The van der Waals surface area contributed by atoms with Gasteiger partial charge >= 0.3 is 0 Å². The normalized spacial score (nSPS) is 12.0. The molecule has 0 fully saturated rings. The molecule has 0 spiro atoms. The van der Waals surface area contributed by atoms with E-state index in [0.29, 0.717) is 27.9 Å². The fourth-order valence-electron chi connectivity index (χ4n) is 2.97. The Bertz CT molecular complexity index is 1020. The number of halogens is 2. The van der Waals surface area contributed by atoms with Gasteiger partial charge in [-0.3, -0.25) is 4.79 Å². The molecule has 5 nitrogen and oxygen atoms in total. The van der Waals surface area contributed by atoms with Gasteiger partial charge in [-0.05, 0) is 50.1 Å². The van der Waals surface area contributed by atoms with Crippen LogP contribution in [0.4, 0.5) is 0 Å². The largest absolute Gasteiger partial charge is 0.342 e. The summed E-state index contributed by atoms with van der Waals surface area (Å²) in [6.45, 7) is 6.56. The van der Waals surface area contributed by atoms with Crippen LogP contribution in [-0.4, -0.2) is 20.7 Å². The molecule has 0 aliphatic carbocycles. The number of carbonyl (C=O) groups excluding carboxylic acids is 1. The van der Waals surface area contributed by atoms with Gasteiger partial charge in [0.15, 0.2) is 11.0 Å². The molecular formula is C21H22Cl2N4OS. The number of nitrogens with one attached hydrogen (secondary N) is 1. The molecule has 0 radical (unpaired) electrons. The number of aromatic nitrogens is 3. The zero-order valence-electron chi connectivity index (χ0n) is 16.4. The molecular weight excluding hydrogens is 427 g/mol. The molecule has 3 rings (SSSR count). The monoisotopic (exact) mass is 448 g/mol. The molecule has 0 aliphatic heterocycles. The number of hydrogen-bond donors (Lipinski definition) is 1. The molecule has 1 aromatic heterocycles. The summed E-state index contributed by atoms with van der Waals surface area (Å²) in [7, 11) is 0. The Hall–Kier alpha value is -2.02. The third kappa shape index (κ3) is 5.13. The minimum atomic E-state index is -0.275. The number of aryl methyl sites for hydroxylation is 1. The average molecular weight is 449 g/mol. The van der Waals surface area contributed by atoms with E-state index in [1.165, 1.54) is 0 Å². The summed E-state index contributed by atoms with van der Waals surface area (Å²) in [4.78, 5) is 12.6. The number of carbonyl (C=O) groups is 1. The van der Waals surface area contributed by atoms with Crippen molar-refractivity contribution in [3.8, 4) is 0 Å². The van der Waals surface area contributed by atoms with E-state index >= 15 is 0 Å². The molecule has 1 heterocycles. The standard InChI is InChI=1S/C21H22Cl2N4OS/c1-4-27-19(14(3)24-20(28)17-8-6-5-7-13(17)2)25-26-21(27)29-12-15-9-10-16(22)11-18(15)23/h5-11,14H,4,12H2,1-3H3,(H,24,28). The Morgan fingerprint density at radius 3 is 2.66 bits per heavy atom. The zero-order chi connectivity index (χ0) is 21.0. The van der Waals surface area contributed by atoms with E-state index in [4.69, 9.17) is 23.2 Å². The second kappa shape index (κ2) is 9.65. The highest BCUT2D eigenvalue weighted by Crippen LogP contribution is 2.29. The predicted octanol–water partition coefficient (Wildman–Crippen LogP) is 5.70. The van der Waals surface area contributed by atoms with Crippen molar-refractivity contribution in [2.75, 3.05) is 0 Å². The summed E-state index contributed by atoms with van der Waals surface area (Å²) in [5.74, 6) is 1.25. The molecule has 1 amide bonds. The van der Waals surface area contributed by atoms with E-state index in [0.717, 1.165) is 22.1 Å². The quantitative estimate of drug-likeness (QED) is 0.471. The molecule has 0 saturated carbocycles. The van der Waals surface area contributed by atoms with Gasteiger partial charge in [-0.1, -0.05) is 59.2 Å². The lowest BCUT2D eigenvalue weighted by atomic mass is 10.1. The predicted molar refractivity (Wildman–Crippen MR) is 119 cm³/mol. The molecule has 0 bridgehead atoms. The van der Waals surface area contributed by atoms with Gasteiger partial charge in [-0.25, -0.2) is 0 Å². The highest BCUT2D eigenvalue weighted by atomic mass is 35.5. The van der Waals surface area contributed by atoms with Gasteiger partial charge in [-0.2, -0.15) is 0 Å². The van der Waals surface area contributed by atoms with Gasteiger partial charge in [-0.15, -0.1) is 10.2 Å². The van der Waals surface area contributed by atoms with Crippen LogP contribution in [0.1, 0.15) is 47.2 Å². The summed E-state index contributed by atoms with van der Waals surface area (Å²) in [5.41, 5.74) is 2.58. The van der Waals surface area contributed by atoms with Crippen LogP contribution < -0.4 is 5.32 Å². The number of amides is 1. The Morgan fingerprint density at radius 1 is 1.21 bits per heavy atom. The van der Waals surface area contributed by atoms with Crippen LogP contribution in [0.3, 0.4) is 0 Å². The van der Waals surface area contributed by atoms with Crippen molar-refractivity contribution in [1.82, 2.24) is 20.1 Å². The van der Waals surface area contributed by atoms with E-state index < -0.39 is 0 Å². The van der Waals surface area contributed by atoms with Gasteiger partial charge in [0.1, 0.15) is 0 Å². The summed E-state index contributed by atoms with van der Waals surface area (Å²) in [5, 5.41) is 13.7. The van der Waals surface area contributed by atoms with Crippen molar-refractivity contribution in [1.29, 1.82) is 0 Å². The van der Waals surface area contributed by atoms with Crippen LogP contribution >= 0.6 is 35.0 Å². The summed E-state index contributed by atoms with van der Waals surface area (Å²) in [6, 6.07) is 12.7. The van der Waals surface area contributed by atoms with Crippen molar-refractivity contribution in [2.45, 2.75) is 44.3 Å². The molecule has 1 N–H and O–H groups in total. The van der Waals surface area contributed by atoms with Crippen LogP contribution in [0, 0.1) is 6.92 Å². The van der Waals surface area contributed by atoms with Gasteiger partial charge in [0, 0.05) is 27.9 Å². The van der Waals surface area contributed by atoms with Crippen LogP contribution in [0.5, 0.6) is 0 Å².